The SMILES string of the molecule is CCc1ccccc1NCCC(=O)Nc1ccc(C(=O)OC)cc1. The van der Waals surface area contributed by atoms with Gasteiger partial charge in [-0.15, -0.1) is 0 Å². The van der Waals surface area contributed by atoms with Crippen LogP contribution in [0.4, 0.5) is 11.4 Å². The molecule has 0 radical (unpaired) electrons. The fourth-order valence-corrected chi connectivity index (χ4v) is 2.34. The Balaban J connectivity index is 1.82. The molecule has 2 aromatic carbocycles. The number of carbonyl (C=O) groups is 2. The second-order valence-corrected chi connectivity index (χ2v) is 5.30. The summed E-state index contributed by atoms with van der Waals surface area (Å²) in [4.78, 5) is 23.3. The highest BCUT2D eigenvalue weighted by Gasteiger charge is 2.07. The van der Waals surface area contributed by atoms with Crippen LogP contribution in [0.1, 0.15) is 29.3 Å². The van der Waals surface area contributed by atoms with Gasteiger partial charge in [0.05, 0.1) is 12.7 Å². The van der Waals surface area contributed by atoms with E-state index in [0.717, 1.165) is 12.1 Å². The third-order valence-corrected chi connectivity index (χ3v) is 3.66. The molecule has 0 aliphatic heterocycles. The number of benzene rings is 2. The number of aryl methyl sites for hydroxylation is 1. The van der Waals surface area contributed by atoms with Crippen molar-refractivity contribution in [2.45, 2.75) is 19.8 Å². The summed E-state index contributed by atoms with van der Waals surface area (Å²) < 4.78 is 4.64. The van der Waals surface area contributed by atoms with E-state index in [0.29, 0.717) is 24.2 Å². The molecule has 126 valence electrons. The van der Waals surface area contributed by atoms with Crippen LogP contribution in [0.15, 0.2) is 48.5 Å². The zero-order chi connectivity index (χ0) is 17.4. The lowest BCUT2D eigenvalue weighted by molar-refractivity contribution is -0.115. The Bertz CT molecular complexity index is 696. The first-order valence-corrected chi connectivity index (χ1v) is 7.94. The van der Waals surface area contributed by atoms with E-state index >= 15 is 0 Å². The first kappa shape index (κ1) is 17.5. The lowest BCUT2D eigenvalue weighted by atomic mass is 10.1. The smallest absolute Gasteiger partial charge is 0.337 e. The molecule has 2 N–H and O–H groups in total. The first-order valence-electron chi connectivity index (χ1n) is 7.94. The molecule has 0 spiro atoms. The second kappa shape index (κ2) is 8.72. The Morgan fingerprint density at radius 2 is 1.75 bits per heavy atom. The van der Waals surface area contributed by atoms with Crippen molar-refractivity contribution in [2.75, 3.05) is 24.3 Å². The van der Waals surface area contributed by atoms with Gasteiger partial charge in [-0.3, -0.25) is 4.79 Å². The second-order valence-electron chi connectivity index (χ2n) is 5.30. The fraction of sp³-hybridized carbons (Fsp3) is 0.263. The van der Waals surface area contributed by atoms with Gasteiger partial charge < -0.3 is 15.4 Å². The number of methoxy groups -OCH3 is 1. The van der Waals surface area contributed by atoms with Crippen molar-refractivity contribution in [3.8, 4) is 0 Å². The van der Waals surface area contributed by atoms with Crippen LogP contribution in [0, 0.1) is 0 Å². The highest BCUT2D eigenvalue weighted by atomic mass is 16.5. The molecule has 1 amide bonds. The summed E-state index contributed by atoms with van der Waals surface area (Å²) in [5.41, 5.74) is 3.40. The Morgan fingerprint density at radius 1 is 1.04 bits per heavy atom. The summed E-state index contributed by atoms with van der Waals surface area (Å²) >= 11 is 0. The van der Waals surface area contributed by atoms with E-state index in [2.05, 4.69) is 28.4 Å². The van der Waals surface area contributed by atoms with E-state index in [1.54, 1.807) is 24.3 Å². The molecule has 2 rings (SSSR count). The molecule has 0 atom stereocenters. The van der Waals surface area contributed by atoms with E-state index in [4.69, 9.17) is 0 Å². The third-order valence-electron chi connectivity index (χ3n) is 3.66. The monoisotopic (exact) mass is 326 g/mol. The highest BCUT2D eigenvalue weighted by molar-refractivity contribution is 5.93. The predicted octanol–water partition coefficient (Wildman–Crippen LogP) is 3.48. The summed E-state index contributed by atoms with van der Waals surface area (Å²) in [5, 5.41) is 6.10. The summed E-state index contributed by atoms with van der Waals surface area (Å²) in [6.07, 6.45) is 1.30. The van der Waals surface area contributed by atoms with E-state index in [-0.39, 0.29) is 5.91 Å². The largest absolute Gasteiger partial charge is 0.465 e. The molecule has 2 aromatic rings. The number of nitrogens with one attached hydrogen (secondary N) is 2. The molecular formula is C19H22N2O3. The van der Waals surface area contributed by atoms with Crippen LogP contribution in [0.25, 0.3) is 0 Å². The number of anilines is 2. The summed E-state index contributed by atoms with van der Waals surface area (Å²) in [5.74, 6) is -0.478. The van der Waals surface area contributed by atoms with Gasteiger partial charge >= 0.3 is 5.97 Å². The van der Waals surface area contributed by atoms with Crippen LogP contribution < -0.4 is 10.6 Å². The average molecular weight is 326 g/mol. The van der Waals surface area contributed by atoms with Crippen molar-refractivity contribution >= 4 is 23.3 Å². The number of ether oxygens (including phenoxy) is 1. The molecule has 0 aliphatic carbocycles. The molecule has 0 heterocycles. The molecule has 0 aliphatic rings. The minimum absolute atomic E-state index is 0.0812. The molecule has 0 fully saturated rings. The first-order chi connectivity index (χ1) is 11.6. The average Bonchev–Trinajstić information content (AvgIpc) is 2.62. The van der Waals surface area contributed by atoms with Crippen LogP contribution in [0.3, 0.4) is 0 Å². The summed E-state index contributed by atoms with van der Waals surface area (Å²) in [6, 6.07) is 14.7. The fourth-order valence-electron chi connectivity index (χ4n) is 2.34. The van der Waals surface area contributed by atoms with Crippen molar-refractivity contribution in [1.29, 1.82) is 0 Å². The Morgan fingerprint density at radius 3 is 2.42 bits per heavy atom. The number of hydrogen-bond acceptors (Lipinski definition) is 4. The Labute approximate surface area is 142 Å². The quantitative estimate of drug-likeness (QED) is 0.765. The number of para-hydroxylation sites is 1. The summed E-state index contributed by atoms with van der Waals surface area (Å²) in [7, 11) is 1.34. The van der Waals surface area contributed by atoms with Gasteiger partial charge in [0.15, 0.2) is 0 Å². The van der Waals surface area contributed by atoms with Crippen molar-refractivity contribution in [2.24, 2.45) is 0 Å². The lowest BCUT2D eigenvalue weighted by Crippen LogP contribution is -2.16. The van der Waals surface area contributed by atoms with Crippen LogP contribution in [-0.4, -0.2) is 25.5 Å². The van der Waals surface area contributed by atoms with E-state index in [9.17, 15) is 9.59 Å². The van der Waals surface area contributed by atoms with Crippen molar-refractivity contribution in [3.05, 3.63) is 59.7 Å². The maximum absolute atomic E-state index is 12.0. The molecule has 0 aromatic heterocycles. The van der Waals surface area contributed by atoms with Gasteiger partial charge in [0.25, 0.3) is 0 Å². The Hall–Kier alpha value is -2.82. The highest BCUT2D eigenvalue weighted by Crippen LogP contribution is 2.15. The van der Waals surface area contributed by atoms with Crippen LogP contribution in [-0.2, 0) is 16.0 Å². The minimum Gasteiger partial charge on any atom is -0.465 e. The van der Waals surface area contributed by atoms with Crippen LogP contribution >= 0.6 is 0 Å². The molecule has 5 nitrogen and oxygen atoms in total. The van der Waals surface area contributed by atoms with Crippen LogP contribution in [0.2, 0.25) is 0 Å². The molecule has 0 saturated carbocycles. The number of esters is 1. The normalized spacial score (nSPS) is 10.1. The lowest BCUT2D eigenvalue weighted by Gasteiger charge is -2.11. The third kappa shape index (κ3) is 4.84. The van der Waals surface area contributed by atoms with Crippen molar-refractivity contribution in [1.82, 2.24) is 0 Å². The van der Waals surface area contributed by atoms with Crippen LogP contribution in [0.5, 0.6) is 0 Å². The standard InChI is InChI=1S/C19H22N2O3/c1-3-14-6-4-5-7-17(14)20-13-12-18(22)21-16-10-8-15(9-11-16)19(23)24-2/h4-11,20H,3,12-13H2,1-2H3,(H,21,22). The zero-order valence-corrected chi connectivity index (χ0v) is 14.0. The maximum Gasteiger partial charge on any atom is 0.337 e. The number of rotatable bonds is 7. The van der Waals surface area contributed by atoms with Crippen molar-refractivity contribution < 1.29 is 14.3 Å². The summed E-state index contributed by atoms with van der Waals surface area (Å²) in [6.45, 7) is 2.66. The molecule has 0 unspecified atom stereocenters. The minimum atomic E-state index is -0.397. The predicted molar refractivity (Wildman–Crippen MR) is 95.3 cm³/mol. The number of carbonyl (C=O) groups excluding carboxylic acids is 2. The number of amides is 1. The van der Waals surface area contributed by atoms with Gasteiger partial charge in [-0.2, -0.15) is 0 Å². The molecule has 24 heavy (non-hydrogen) atoms. The van der Waals surface area contributed by atoms with Gasteiger partial charge in [-0.25, -0.2) is 4.79 Å². The topological polar surface area (TPSA) is 67.4 Å². The molecule has 0 saturated heterocycles. The van der Waals surface area contributed by atoms with Crippen molar-refractivity contribution in [3.63, 3.8) is 0 Å². The maximum atomic E-state index is 12.0. The van der Waals surface area contributed by atoms with Gasteiger partial charge in [-0.1, -0.05) is 25.1 Å². The van der Waals surface area contributed by atoms with Gasteiger partial charge in [0, 0.05) is 24.3 Å². The van der Waals surface area contributed by atoms with E-state index in [1.807, 2.05) is 18.2 Å². The van der Waals surface area contributed by atoms with Gasteiger partial charge in [-0.05, 0) is 42.3 Å². The van der Waals surface area contributed by atoms with E-state index in [1.165, 1.54) is 12.7 Å². The molecular weight excluding hydrogens is 304 g/mol. The zero-order valence-electron chi connectivity index (χ0n) is 14.0. The van der Waals surface area contributed by atoms with Gasteiger partial charge in [0.2, 0.25) is 5.91 Å². The van der Waals surface area contributed by atoms with E-state index < -0.39 is 5.97 Å². The van der Waals surface area contributed by atoms with Gasteiger partial charge in [0.1, 0.15) is 0 Å². The molecule has 0 bridgehead atoms. The molecule has 5 heteroatoms. The Kier molecular flexibility index (Phi) is 6.37. The number of hydrogen-bond donors (Lipinski definition) is 2.